The second-order valence-corrected chi connectivity index (χ2v) is 14.7. The molecule has 0 radical (unpaired) electrons. The molecule has 2 aromatic heterocycles. The van der Waals surface area contributed by atoms with Crippen molar-refractivity contribution >= 4 is 32.7 Å². The summed E-state index contributed by atoms with van der Waals surface area (Å²) in [5, 5.41) is 5.10. The molecular formula is C41H48NO+. The number of aromatic nitrogens is 1. The van der Waals surface area contributed by atoms with E-state index >= 15 is 0 Å². The standard InChI is InChI=1S/C41H48NO/c1-9-13-19-39(7)21-20-38(5,6)33-24-29-27(23-34(33)39)18-22-42-37(29)31-26-36-30(28-16-14-15-17-35(28)43-36)25-32(31)40(8,10-2)41(42,11-3)12-4/h11,14-18,22-26H,3,9-10,12-13,19-21H2,1-2,4-8H3/q+1. The van der Waals surface area contributed by atoms with E-state index in [1.54, 1.807) is 5.56 Å². The summed E-state index contributed by atoms with van der Waals surface area (Å²) >= 11 is 0. The Kier molecular flexibility index (Phi) is 6.31. The van der Waals surface area contributed by atoms with Crippen LogP contribution in [0.1, 0.15) is 110 Å². The molecule has 0 bridgehead atoms. The number of pyridine rings is 1. The number of benzene rings is 3. The molecule has 3 atom stereocenters. The van der Waals surface area contributed by atoms with Gasteiger partial charge in [0.05, 0.1) is 16.4 Å². The van der Waals surface area contributed by atoms with Gasteiger partial charge >= 0.3 is 0 Å². The topological polar surface area (TPSA) is 17.0 Å². The minimum absolute atomic E-state index is 0.136. The Morgan fingerprint density at radius 2 is 1.58 bits per heavy atom. The van der Waals surface area contributed by atoms with Crippen molar-refractivity contribution in [3.8, 4) is 11.3 Å². The van der Waals surface area contributed by atoms with Crippen LogP contribution in [0.5, 0.6) is 0 Å². The zero-order valence-electron chi connectivity index (χ0n) is 27.4. The number of hydrogen-bond donors (Lipinski definition) is 0. The number of unbranched alkanes of at least 4 members (excludes halogenated alkanes) is 1. The monoisotopic (exact) mass is 570 g/mol. The van der Waals surface area contributed by atoms with Crippen molar-refractivity contribution in [3.05, 3.63) is 90.1 Å². The van der Waals surface area contributed by atoms with Gasteiger partial charge in [-0.15, -0.1) is 0 Å². The van der Waals surface area contributed by atoms with Gasteiger partial charge in [0.25, 0.3) is 0 Å². The average molecular weight is 571 g/mol. The van der Waals surface area contributed by atoms with Gasteiger partial charge in [-0.2, -0.15) is 4.57 Å². The predicted octanol–water partition coefficient (Wildman–Crippen LogP) is 11.2. The number of rotatable bonds is 6. The van der Waals surface area contributed by atoms with E-state index in [4.69, 9.17) is 4.42 Å². The highest BCUT2D eigenvalue weighted by atomic mass is 16.3. The van der Waals surface area contributed by atoms with Crippen molar-refractivity contribution in [2.24, 2.45) is 0 Å². The lowest BCUT2D eigenvalue weighted by Crippen LogP contribution is -2.68. The highest BCUT2D eigenvalue weighted by Gasteiger charge is 2.58. The van der Waals surface area contributed by atoms with Crippen molar-refractivity contribution < 1.29 is 8.98 Å². The third kappa shape index (κ3) is 3.68. The fourth-order valence-electron chi connectivity index (χ4n) is 9.12. The van der Waals surface area contributed by atoms with Gasteiger partial charge in [0.1, 0.15) is 11.2 Å². The van der Waals surface area contributed by atoms with Crippen LogP contribution in [0, 0.1) is 0 Å². The normalized spacial score (nSPS) is 25.9. The summed E-state index contributed by atoms with van der Waals surface area (Å²) in [5.74, 6) is 0. The van der Waals surface area contributed by atoms with Crippen LogP contribution >= 0.6 is 0 Å². The van der Waals surface area contributed by atoms with Gasteiger partial charge in [-0.25, -0.2) is 0 Å². The Morgan fingerprint density at radius 1 is 0.814 bits per heavy atom. The molecule has 2 heteroatoms. The number of nitrogens with zero attached hydrogens (tertiary/aromatic N) is 1. The van der Waals surface area contributed by atoms with Gasteiger partial charge in [-0.3, -0.25) is 0 Å². The molecule has 222 valence electrons. The van der Waals surface area contributed by atoms with Crippen LogP contribution in [0.2, 0.25) is 0 Å². The smallest absolute Gasteiger partial charge is 0.221 e. The van der Waals surface area contributed by atoms with Crippen molar-refractivity contribution in [1.29, 1.82) is 0 Å². The van der Waals surface area contributed by atoms with Crippen molar-refractivity contribution in [2.45, 2.75) is 115 Å². The molecule has 2 nitrogen and oxygen atoms in total. The van der Waals surface area contributed by atoms with E-state index in [1.165, 1.54) is 76.0 Å². The van der Waals surface area contributed by atoms with Crippen LogP contribution in [0.3, 0.4) is 0 Å². The molecule has 0 spiro atoms. The first kappa shape index (κ1) is 28.4. The van der Waals surface area contributed by atoms with E-state index in [2.05, 4.69) is 126 Å². The number of furan rings is 1. The summed E-state index contributed by atoms with van der Waals surface area (Å²) in [6.07, 6.45) is 12.9. The Labute approximate surface area is 257 Å². The first-order chi connectivity index (χ1) is 20.6. The molecule has 1 aliphatic heterocycles. The van der Waals surface area contributed by atoms with Gasteiger partial charge in [0.2, 0.25) is 5.69 Å². The van der Waals surface area contributed by atoms with Gasteiger partial charge in [0.15, 0.2) is 11.7 Å². The minimum Gasteiger partial charge on any atom is -0.456 e. The second kappa shape index (κ2) is 9.55. The third-order valence-electron chi connectivity index (χ3n) is 12.2. The van der Waals surface area contributed by atoms with E-state index in [0.717, 1.165) is 24.0 Å². The van der Waals surface area contributed by atoms with Crippen LogP contribution in [0.25, 0.3) is 44.0 Å². The van der Waals surface area contributed by atoms with E-state index < -0.39 is 0 Å². The van der Waals surface area contributed by atoms with Crippen LogP contribution in [-0.4, -0.2) is 0 Å². The summed E-state index contributed by atoms with van der Waals surface area (Å²) < 4.78 is 9.10. The highest BCUT2D eigenvalue weighted by molar-refractivity contribution is 6.07. The first-order valence-electron chi connectivity index (χ1n) is 16.7. The van der Waals surface area contributed by atoms with Gasteiger partial charge < -0.3 is 4.42 Å². The number of fused-ring (bicyclic) bond motifs is 9. The molecule has 43 heavy (non-hydrogen) atoms. The second-order valence-electron chi connectivity index (χ2n) is 14.7. The number of hydrogen-bond acceptors (Lipinski definition) is 1. The maximum atomic E-state index is 6.51. The van der Waals surface area contributed by atoms with Gasteiger partial charge in [-0.05, 0) is 102 Å². The summed E-state index contributed by atoms with van der Waals surface area (Å²) in [6.45, 7) is 21.4. The van der Waals surface area contributed by atoms with Crippen molar-refractivity contribution in [2.75, 3.05) is 0 Å². The molecular weight excluding hydrogens is 522 g/mol. The van der Waals surface area contributed by atoms with E-state index in [-0.39, 0.29) is 21.8 Å². The lowest BCUT2D eigenvalue weighted by Gasteiger charge is -2.47. The largest absolute Gasteiger partial charge is 0.456 e. The highest BCUT2D eigenvalue weighted by Crippen LogP contribution is 2.55. The Balaban J connectivity index is 1.62. The van der Waals surface area contributed by atoms with E-state index in [0.29, 0.717) is 0 Å². The molecule has 7 rings (SSSR count). The Bertz CT molecular complexity index is 1920. The number of para-hydroxylation sites is 1. The van der Waals surface area contributed by atoms with E-state index in [9.17, 15) is 0 Å². The lowest BCUT2D eigenvalue weighted by molar-refractivity contribution is -0.755. The quantitative estimate of drug-likeness (QED) is 0.147. The molecule has 0 saturated heterocycles. The van der Waals surface area contributed by atoms with Gasteiger partial charge in [0, 0.05) is 23.3 Å². The van der Waals surface area contributed by atoms with Crippen LogP contribution in [0.15, 0.2) is 77.9 Å². The first-order valence-corrected chi connectivity index (χ1v) is 16.7. The maximum absolute atomic E-state index is 6.51. The molecule has 3 aromatic carbocycles. The molecule has 3 heterocycles. The summed E-state index contributed by atoms with van der Waals surface area (Å²) in [7, 11) is 0. The van der Waals surface area contributed by atoms with E-state index in [1.807, 2.05) is 0 Å². The average Bonchev–Trinajstić information content (AvgIpc) is 3.39. The van der Waals surface area contributed by atoms with Crippen molar-refractivity contribution in [3.63, 3.8) is 0 Å². The molecule has 0 amide bonds. The Hall–Kier alpha value is -3.39. The van der Waals surface area contributed by atoms with Crippen LogP contribution < -0.4 is 4.57 Å². The SMILES string of the molecule is C=CC1(CC)[n+]2ccc3cc4c(cc3c2-c2cc3oc5ccccc5c3cc2C1(C)CC)C(C)(C)CCC4(C)CCCC. The van der Waals surface area contributed by atoms with Crippen molar-refractivity contribution in [1.82, 2.24) is 0 Å². The van der Waals surface area contributed by atoms with Crippen LogP contribution in [-0.2, 0) is 21.8 Å². The fourth-order valence-corrected chi connectivity index (χ4v) is 9.12. The predicted molar refractivity (Wildman–Crippen MR) is 182 cm³/mol. The lowest BCUT2D eigenvalue weighted by atomic mass is 9.59. The minimum atomic E-state index is -0.257. The summed E-state index contributed by atoms with van der Waals surface area (Å²) in [4.78, 5) is 0. The zero-order chi connectivity index (χ0) is 30.4. The molecule has 2 aliphatic rings. The zero-order valence-corrected chi connectivity index (χ0v) is 27.4. The van der Waals surface area contributed by atoms with Gasteiger partial charge in [-0.1, -0.05) is 79.2 Å². The number of allylic oxidation sites excluding steroid dienone is 1. The van der Waals surface area contributed by atoms with Crippen LogP contribution in [0.4, 0.5) is 0 Å². The molecule has 0 fully saturated rings. The maximum Gasteiger partial charge on any atom is 0.221 e. The molecule has 5 aromatic rings. The molecule has 1 aliphatic carbocycles. The molecule has 0 saturated carbocycles. The summed E-state index contributed by atoms with van der Waals surface area (Å²) in [6, 6.07) is 20.8. The fraction of sp³-hybridized carbons (Fsp3) is 0.439. The summed E-state index contributed by atoms with van der Waals surface area (Å²) in [5.41, 5.74) is 9.02. The molecule has 0 N–H and O–H groups in total. The molecule has 3 unspecified atom stereocenters. The third-order valence-corrected chi connectivity index (χ3v) is 12.2. The Morgan fingerprint density at radius 3 is 2.30 bits per heavy atom.